The molecule has 2 aliphatic heterocycles. The lowest BCUT2D eigenvalue weighted by molar-refractivity contribution is -0.121. The Morgan fingerprint density at radius 2 is 2.04 bits per heavy atom. The van der Waals surface area contributed by atoms with Crippen LogP contribution in [0.2, 0.25) is 0 Å². The number of nitrogens with zero attached hydrogens (tertiary/aromatic N) is 1. The van der Waals surface area contributed by atoms with E-state index in [-0.39, 0.29) is 12.0 Å². The number of nitrogens with one attached hydrogen (secondary N) is 1. The highest BCUT2D eigenvalue weighted by Gasteiger charge is 2.35. The van der Waals surface area contributed by atoms with Crippen LogP contribution in [0.1, 0.15) is 25.7 Å². The van der Waals surface area contributed by atoms with Crippen molar-refractivity contribution in [2.75, 3.05) is 24.0 Å². The van der Waals surface area contributed by atoms with E-state index >= 15 is 0 Å². The lowest BCUT2D eigenvalue weighted by Crippen LogP contribution is -2.33. The van der Waals surface area contributed by atoms with Crippen LogP contribution in [-0.2, 0) is 19.6 Å². The van der Waals surface area contributed by atoms with Crippen LogP contribution in [0.4, 0.5) is 5.69 Å². The molecular formula is C19H22N2O4S. The summed E-state index contributed by atoms with van der Waals surface area (Å²) in [6, 6.07) is 10.9. The number of rotatable bonds is 6. The largest absolute Gasteiger partial charge is 0.376 e. The molecule has 4 rings (SSSR count). The Kier molecular flexibility index (Phi) is 4.58. The van der Waals surface area contributed by atoms with Gasteiger partial charge in [0.2, 0.25) is 5.91 Å². The fourth-order valence-electron chi connectivity index (χ4n) is 3.70. The van der Waals surface area contributed by atoms with Crippen LogP contribution in [-0.4, -0.2) is 40.1 Å². The predicted molar refractivity (Wildman–Crippen MR) is 99.7 cm³/mol. The summed E-state index contributed by atoms with van der Waals surface area (Å²) in [7, 11) is -3.54. The molecule has 2 aliphatic rings. The minimum atomic E-state index is -3.54. The van der Waals surface area contributed by atoms with Crippen molar-refractivity contribution in [2.24, 2.45) is 0 Å². The summed E-state index contributed by atoms with van der Waals surface area (Å²) in [5.74, 6) is -0.0622. The Bertz CT molecular complexity index is 930. The molecule has 7 heteroatoms. The van der Waals surface area contributed by atoms with E-state index in [0.717, 1.165) is 30.2 Å². The molecule has 1 atom stereocenters. The van der Waals surface area contributed by atoms with Gasteiger partial charge in [-0.3, -0.25) is 9.10 Å². The summed E-state index contributed by atoms with van der Waals surface area (Å²) < 4.78 is 32.6. The first-order valence-electron chi connectivity index (χ1n) is 9.00. The van der Waals surface area contributed by atoms with Gasteiger partial charge in [-0.1, -0.05) is 24.3 Å². The predicted octanol–water partition coefficient (Wildman–Crippen LogP) is 2.42. The third-order valence-electron chi connectivity index (χ3n) is 5.00. The maximum Gasteiger partial charge on any atom is 0.265 e. The van der Waals surface area contributed by atoms with Crippen LogP contribution in [0.15, 0.2) is 41.3 Å². The molecule has 0 aliphatic carbocycles. The van der Waals surface area contributed by atoms with Crippen molar-refractivity contribution in [3.05, 3.63) is 36.4 Å². The zero-order valence-electron chi connectivity index (χ0n) is 14.5. The summed E-state index contributed by atoms with van der Waals surface area (Å²) in [6.45, 7) is 1.59. The molecule has 2 aromatic carbocycles. The topological polar surface area (TPSA) is 75.7 Å². The first-order valence-corrected chi connectivity index (χ1v) is 10.4. The Labute approximate surface area is 153 Å². The van der Waals surface area contributed by atoms with Gasteiger partial charge in [0.15, 0.2) is 0 Å². The van der Waals surface area contributed by atoms with E-state index in [1.165, 1.54) is 4.31 Å². The first kappa shape index (κ1) is 17.3. The van der Waals surface area contributed by atoms with E-state index in [4.69, 9.17) is 4.74 Å². The van der Waals surface area contributed by atoms with E-state index in [9.17, 15) is 13.2 Å². The Hall–Kier alpha value is -2.12. The number of ether oxygens (including phenoxy) is 1. The quantitative estimate of drug-likeness (QED) is 0.843. The van der Waals surface area contributed by atoms with Gasteiger partial charge in [0, 0.05) is 31.5 Å². The average Bonchev–Trinajstić information content (AvgIpc) is 3.22. The second-order valence-electron chi connectivity index (χ2n) is 6.75. The van der Waals surface area contributed by atoms with Gasteiger partial charge in [0.05, 0.1) is 16.7 Å². The van der Waals surface area contributed by atoms with Crippen molar-refractivity contribution in [1.29, 1.82) is 0 Å². The number of hydrogen-bond acceptors (Lipinski definition) is 4. The highest BCUT2D eigenvalue weighted by Crippen LogP contribution is 2.41. The highest BCUT2D eigenvalue weighted by molar-refractivity contribution is 7.93. The van der Waals surface area contributed by atoms with Crippen LogP contribution < -0.4 is 9.62 Å². The molecule has 1 fully saturated rings. The molecule has 0 unspecified atom stereocenters. The van der Waals surface area contributed by atoms with Crippen LogP contribution in [0, 0.1) is 0 Å². The molecule has 0 spiro atoms. The normalized spacial score (nSPS) is 20.6. The lowest BCUT2D eigenvalue weighted by Gasteiger charge is -2.18. The number of sulfonamides is 1. The van der Waals surface area contributed by atoms with Crippen LogP contribution in [0.3, 0.4) is 0 Å². The summed E-state index contributed by atoms with van der Waals surface area (Å²) in [5, 5.41) is 4.57. The summed E-state index contributed by atoms with van der Waals surface area (Å²) in [5.41, 5.74) is 0.706. The second-order valence-corrected chi connectivity index (χ2v) is 8.58. The SMILES string of the molecule is O=C(CCCN1c2cccc3cccc(c23)S1(=O)=O)NC[C@H]1CCCO1. The maximum absolute atomic E-state index is 12.8. The number of amides is 1. The number of carbonyl (C=O) groups excluding carboxylic acids is 1. The number of benzene rings is 2. The number of hydrogen-bond donors (Lipinski definition) is 1. The minimum Gasteiger partial charge on any atom is -0.376 e. The number of carbonyl (C=O) groups is 1. The van der Waals surface area contributed by atoms with Gasteiger partial charge in [-0.25, -0.2) is 8.42 Å². The van der Waals surface area contributed by atoms with E-state index in [1.807, 2.05) is 24.3 Å². The van der Waals surface area contributed by atoms with Crippen molar-refractivity contribution >= 4 is 32.4 Å². The Morgan fingerprint density at radius 1 is 1.23 bits per heavy atom. The molecule has 2 heterocycles. The Balaban J connectivity index is 1.40. The summed E-state index contributed by atoms with van der Waals surface area (Å²) in [4.78, 5) is 12.4. The monoisotopic (exact) mass is 374 g/mol. The van der Waals surface area contributed by atoms with Gasteiger partial charge < -0.3 is 10.1 Å². The minimum absolute atomic E-state index is 0.0622. The molecule has 0 aromatic heterocycles. The molecular weight excluding hydrogens is 352 g/mol. The molecule has 1 saturated heterocycles. The highest BCUT2D eigenvalue weighted by atomic mass is 32.2. The van der Waals surface area contributed by atoms with E-state index in [1.54, 1.807) is 12.1 Å². The zero-order chi connectivity index (χ0) is 18.1. The molecule has 0 saturated carbocycles. The lowest BCUT2D eigenvalue weighted by atomic mass is 10.1. The van der Waals surface area contributed by atoms with Crippen molar-refractivity contribution in [2.45, 2.75) is 36.7 Å². The average molecular weight is 374 g/mol. The van der Waals surface area contributed by atoms with Gasteiger partial charge >= 0.3 is 0 Å². The summed E-state index contributed by atoms with van der Waals surface area (Å²) >= 11 is 0. The number of anilines is 1. The van der Waals surface area contributed by atoms with Crippen LogP contribution in [0.25, 0.3) is 10.8 Å². The molecule has 1 N–H and O–H groups in total. The third kappa shape index (κ3) is 3.05. The maximum atomic E-state index is 12.8. The van der Waals surface area contributed by atoms with Gasteiger partial charge in [0.25, 0.3) is 10.0 Å². The third-order valence-corrected chi connectivity index (χ3v) is 6.85. The van der Waals surface area contributed by atoms with Crippen molar-refractivity contribution in [3.8, 4) is 0 Å². The van der Waals surface area contributed by atoms with E-state index < -0.39 is 10.0 Å². The smallest absolute Gasteiger partial charge is 0.265 e. The molecule has 0 bridgehead atoms. The standard InChI is InChI=1S/C19H22N2O4S/c22-18(20-13-15-7-4-12-25-15)10-3-11-21-16-8-1-5-14-6-2-9-17(19(14)16)26(21,23)24/h1-2,5-6,8-9,15H,3-4,7,10-13H2,(H,20,22)/t15-/m1/s1. The Morgan fingerprint density at radius 3 is 2.81 bits per heavy atom. The van der Waals surface area contributed by atoms with E-state index in [0.29, 0.717) is 36.5 Å². The first-order chi connectivity index (χ1) is 12.6. The van der Waals surface area contributed by atoms with Gasteiger partial charge in [-0.2, -0.15) is 0 Å². The molecule has 138 valence electrons. The molecule has 2 aromatic rings. The van der Waals surface area contributed by atoms with Gasteiger partial charge in [-0.15, -0.1) is 0 Å². The van der Waals surface area contributed by atoms with Crippen molar-refractivity contribution in [3.63, 3.8) is 0 Å². The van der Waals surface area contributed by atoms with Crippen molar-refractivity contribution in [1.82, 2.24) is 5.32 Å². The van der Waals surface area contributed by atoms with Crippen molar-refractivity contribution < 1.29 is 17.9 Å². The fraction of sp³-hybridized carbons (Fsp3) is 0.421. The van der Waals surface area contributed by atoms with Gasteiger partial charge in [-0.05, 0) is 36.8 Å². The second kappa shape index (κ2) is 6.89. The van der Waals surface area contributed by atoms with Crippen LogP contribution >= 0.6 is 0 Å². The molecule has 0 radical (unpaired) electrons. The van der Waals surface area contributed by atoms with E-state index in [2.05, 4.69) is 5.32 Å². The van der Waals surface area contributed by atoms with Gasteiger partial charge in [0.1, 0.15) is 0 Å². The fourth-order valence-corrected chi connectivity index (χ4v) is 5.45. The zero-order valence-corrected chi connectivity index (χ0v) is 15.3. The summed E-state index contributed by atoms with van der Waals surface area (Å²) in [6.07, 6.45) is 2.91. The molecule has 6 nitrogen and oxygen atoms in total. The van der Waals surface area contributed by atoms with Crippen LogP contribution in [0.5, 0.6) is 0 Å². The molecule has 1 amide bonds. The molecule has 26 heavy (non-hydrogen) atoms.